The molecular formula is C11H15N3O3. The molecule has 1 amide bonds. The van der Waals surface area contributed by atoms with Crippen molar-refractivity contribution < 1.29 is 14.1 Å². The van der Waals surface area contributed by atoms with Crippen LogP contribution in [-0.4, -0.2) is 48.7 Å². The Hall–Kier alpha value is -1.56. The van der Waals surface area contributed by atoms with Crippen LogP contribution in [0.25, 0.3) is 0 Å². The summed E-state index contributed by atoms with van der Waals surface area (Å²) in [6.45, 7) is 2.64. The van der Waals surface area contributed by atoms with Crippen LogP contribution < -0.4 is 10.1 Å². The van der Waals surface area contributed by atoms with Gasteiger partial charge in [0.2, 0.25) is 5.76 Å². The zero-order chi connectivity index (χ0) is 11.8. The van der Waals surface area contributed by atoms with Crippen molar-refractivity contribution in [2.45, 2.75) is 12.5 Å². The summed E-state index contributed by atoms with van der Waals surface area (Å²) in [6.07, 6.45) is 1.06. The zero-order valence-electron chi connectivity index (χ0n) is 9.68. The molecule has 1 aromatic rings. The molecule has 2 fully saturated rings. The average Bonchev–Trinajstić information content (AvgIpc) is 2.78. The van der Waals surface area contributed by atoms with Crippen LogP contribution in [0, 0.1) is 5.92 Å². The number of likely N-dealkylation sites (tertiary alicyclic amines) is 1. The maximum Gasteiger partial charge on any atom is 0.292 e. The Morgan fingerprint density at radius 1 is 1.71 bits per heavy atom. The lowest BCUT2D eigenvalue weighted by Crippen LogP contribution is -2.62. The molecule has 2 saturated heterocycles. The number of rotatable bonds is 2. The summed E-state index contributed by atoms with van der Waals surface area (Å²) in [5.41, 5.74) is 0. The summed E-state index contributed by atoms with van der Waals surface area (Å²) in [6, 6.07) is 1.99. The molecule has 1 N–H and O–H groups in total. The molecule has 0 saturated carbocycles. The third kappa shape index (κ3) is 1.78. The molecule has 2 aliphatic heterocycles. The molecule has 3 heterocycles. The maximum absolute atomic E-state index is 12.1. The van der Waals surface area contributed by atoms with Gasteiger partial charge in [-0.3, -0.25) is 4.79 Å². The molecule has 2 unspecified atom stereocenters. The molecule has 0 radical (unpaired) electrons. The number of nitrogens with zero attached hydrogens (tertiary/aromatic N) is 2. The van der Waals surface area contributed by atoms with E-state index < -0.39 is 0 Å². The van der Waals surface area contributed by atoms with E-state index in [1.165, 1.54) is 13.2 Å². The van der Waals surface area contributed by atoms with E-state index in [-0.39, 0.29) is 11.7 Å². The van der Waals surface area contributed by atoms with Crippen LogP contribution in [0.5, 0.6) is 5.88 Å². The van der Waals surface area contributed by atoms with Crippen molar-refractivity contribution in [1.29, 1.82) is 0 Å². The summed E-state index contributed by atoms with van der Waals surface area (Å²) in [5, 5.41) is 6.97. The Balaban J connectivity index is 1.69. The summed E-state index contributed by atoms with van der Waals surface area (Å²) < 4.78 is 9.86. The van der Waals surface area contributed by atoms with Gasteiger partial charge in [-0.15, -0.1) is 0 Å². The number of hydrogen-bond donors (Lipinski definition) is 1. The Labute approximate surface area is 98.9 Å². The minimum absolute atomic E-state index is 0.104. The predicted octanol–water partition coefficient (Wildman–Crippen LogP) is 0.117. The fourth-order valence-corrected chi connectivity index (χ4v) is 2.41. The van der Waals surface area contributed by atoms with Gasteiger partial charge >= 0.3 is 0 Å². The van der Waals surface area contributed by atoms with Crippen LogP contribution in [0.2, 0.25) is 0 Å². The monoisotopic (exact) mass is 237 g/mol. The van der Waals surface area contributed by atoms with Crippen molar-refractivity contribution in [2.75, 3.05) is 26.7 Å². The lowest BCUT2D eigenvalue weighted by atomic mass is 9.85. The lowest BCUT2D eigenvalue weighted by Gasteiger charge is -2.45. The van der Waals surface area contributed by atoms with Crippen LogP contribution in [0.4, 0.5) is 0 Å². The minimum Gasteiger partial charge on any atom is -0.479 e. The average molecular weight is 237 g/mol. The van der Waals surface area contributed by atoms with E-state index in [1.54, 1.807) is 0 Å². The number of hydrogen-bond acceptors (Lipinski definition) is 5. The topological polar surface area (TPSA) is 67.6 Å². The third-order valence-corrected chi connectivity index (χ3v) is 3.59. The zero-order valence-corrected chi connectivity index (χ0v) is 9.68. The molecule has 0 aromatic carbocycles. The number of carbonyl (C=O) groups is 1. The lowest BCUT2D eigenvalue weighted by molar-refractivity contribution is 0.0482. The molecule has 17 heavy (non-hydrogen) atoms. The second-order valence-corrected chi connectivity index (χ2v) is 4.55. The van der Waals surface area contributed by atoms with Gasteiger partial charge in [-0.2, -0.15) is 0 Å². The molecular weight excluding hydrogens is 222 g/mol. The number of methoxy groups -OCH3 is 1. The second kappa shape index (κ2) is 4.03. The molecule has 0 aliphatic carbocycles. The molecule has 6 heteroatoms. The van der Waals surface area contributed by atoms with Gasteiger partial charge in [-0.25, -0.2) is 0 Å². The largest absolute Gasteiger partial charge is 0.479 e. The molecule has 6 nitrogen and oxygen atoms in total. The maximum atomic E-state index is 12.1. The van der Waals surface area contributed by atoms with Crippen molar-refractivity contribution in [3.05, 3.63) is 11.8 Å². The highest BCUT2D eigenvalue weighted by Gasteiger charge is 2.37. The number of carbonyl (C=O) groups excluding carboxylic acids is 1. The summed E-state index contributed by atoms with van der Waals surface area (Å²) in [7, 11) is 1.50. The molecule has 0 bridgehead atoms. The number of nitrogens with one attached hydrogen (secondary N) is 1. The van der Waals surface area contributed by atoms with Crippen LogP contribution in [0.3, 0.4) is 0 Å². The standard InChI is InChI=1S/C11H15N3O3/c1-16-10-4-9(17-13-10)11(15)14-3-2-7-5-12-8(7)6-14/h4,7-8,12H,2-3,5-6H2,1H3. The van der Waals surface area contributed by atoms with E-state index in [0.717, 1.165) is 32.0 Å². The fraction of sp³-hybridized carbons (Fsp3) is 0.636. The van der Waals surface area contributed by atoms with Crippen LogP contribution in [0.15, 0.2) is 10.6 Å². The highest BCUT2D eigenvalue weighted by Crippen LogP contribution is 2.25. The minimum atomic E-state index is -0.104. The van der Waals surface area contributed by atoms with E-state index >= 15 is 0 Å². The van der Waals surface area contributed by atoms with E-state index in [9.17, 15) is 4.79 Å². The van der Waals surface area contributed by atoms with Gasteiger partial charge in [0.15, 0.2) is 0 Å². The van der Waals surface area contributed by atoms with E-state index in [2.05, 4.69) is 10.5 Å². The van der Waals surface area contributed by atoms with Crippen LogP contribution in [0.1, 0.15) is 17.0 Å². The van der Waals surface area contributed by atoms with Crippen LogP contribution in [-0.2, 0) is 0 Å². The van der Waals surface area contributed by atoms with Gasteiger partial charge in [0.05, 0.1) is 13.2 Å². The summed E-state index contributed by atoms with van der Waals surface area (Å²) in [4.78, 5) is 13.9. The molecule has 2 aliphatic rings. The normalized spacial score (nSPS) is 27.2. The second-order valence-electron chi connectivity index (χ2n) is 4.55. The van der Waals surface area contributed by atoms with Crippen molar-refractivity contribution in [2.24, 2.45) is 5.92 Å². The summed E-state index contributed by atoms with van der Waals surface area (Å²) >= 11 is 0. The highest BCUT2D eigenvalue weighted by atomic mass is 16.5. The molecule has 1 aromatic heterocycles. The number of amides is 1. The van der Waals surface area contributed by atoms with Crippen molar-refractivity contribution in [1.82, 2.24) is 15.4 Å². The number of fused-ring (bicyclic) bond motifs is 1. The molecule has 2 atom stereocenters. The number of aromatic nitrogens is 1. The van der Waals surface area contributed by atoms with Crippen LogP contribution >= 0.6 is 0 Å². The van der Waals surface area contributed by atoms with E-state index in [4.69, 9.17) is 9.26 Å². The summed E-state index contributed by atoms with van der Waals surface area (Å²) in [5.74, 6) is 1.22. The molecule has 92 valence electrons. The number of piperidine rings is 1. The Morgan fingerprint density at radius 2 is 2.59 bits per heavy atom. The Morgan fingerprint density at radius 3 is 3.18 bits per heavy atom. The quantitative estimate of drug-likeness (QED) is 0.791. The molecule has 0 spiro atoms. The fourth-order valence-electron chi connectivity index (χ4n) is 2.41. The smallest absolute Gasteiger partial charge is 0.292 e. The van der Waals surface area contributed by atoms with Crippen molar-refractivity contribution >= 4 is 5.91 Å². The first-order chi connectivity index (χ1) is 8.28. The number of ether oxygens (including phenoxy) is 1. The van der Waals surface area contributed by atoms with Gasteiger partial charge in [0.1, 0.15) is 0 Å². The van der Waals surface area contributed by atoms with Gasteiger partial charge < -0.3 is 19.5 Å². The first kappa shape index (κ1) is 10.6. The van der Waals surface area contributed by atoms with Gasteiger partial charge in [0.25, 0.3) is 11.8 Å². The van der Waals surface area contributed by atoms with Gasteiger partial charge in [-0.05, 0) is 24.0 Å². The van der Waals surface area contributed by atoms with Crippen molar-refractivity contribution in [3.63, 3.8) is 0 Å². The Kier molecular flexibility index (Phi) is 2.51. The third-order valence-electron chi connectivity index (χ3n) is 3.59. The van der Waals surface area contributed by atoms with Crippen molar-refractivity contribution in [3.8, 4) is 5.88 Å². The Bertz CT molecular complexity index is 431. The first-order valence-corrected chi connectivity index (χ1v) is 5.81. The van der Waals surface area contributed by atoms with Gasteiger partial charge in [0, 0.05) is 19.1 Å². The SMILES string of the molecule is COc1cc(C(=O)N2CCC3CNC3C2)on1. The van der Waals surface area contributed by atoms with E-state index in [0.29, 0.717) is 11.9 Å². The van der Waals surface area contributed by atoms with Gasteiger partial charge in [-0.1, -0.05) is 0 Å². The first-order valence-electron chi connectivity index (χ1n) is 5.81. The highest BCUT2D eigenvalue weighted by molar-refractivity contribution is 5.91. The molecule has 3 rings (SSSR count). The van der Waals surface area contributed by atoms with E-state index in [1.807, 2.05) is 4.90 Å². The predicted molar refractivity (Wildman–Crippen MR) is 58.9 cm³/mol.